The average Bonchev–Trinajstić information content (AvgIpc) is 2.09. The van der Waals surface area contributed by atoms with Gasteiger partial charge in [-0.2, -0.15) is 0 Å². The highest BCUT2D eigenvalue weighted by molar-refractivity contribution is 5.66. The van der Waals surface area contributed by atoms with E-state index in [1.165, 1.54) is 12.8 Å². The zero-order valence-corrected chi connectivity index (χ0v) is 8.09. The van der Waals surface area contributed by atoms with Crippen molar-refractivity contribution in [1.82, 2.24) is 5.43 Å². The smallest absolute Gasteiger partial charge is 0.303 e. The predicted molar refractivity (Wildman–Crippen MR) is 52.1 cm³/mol. The van der Waals surface area contributed by atoms with Gasteiger partial charge in [0.05, 0.1) is 0 Å². The predicted octanol–water partition coefficient (Wildman–Crippen LogP) is 1.26. The molecule has 13 heavy (non-hydrogen) atoms. The number of nitrogens with one attached hydrogen (secondary N) is 1. The highest BCUT2D eigenvalue weighted by Crippen LogP contribution is 2.06. The molecule has 0 bridgehead atoms. The van der Waals surface area contributed by atoms with Crippen LogP contribution in [-0.4, -0.2) is 17.6 Å². The van der Waals surface area contributed by atoms with Crippen LogP contribution in [0.1, 0.15) is 44.9 Å². The Kier molecular flexibility index (Phi) is 9.03. The minimum atomic E-state index is -0.688. The van der Waals surface area contributed by atoms with E-state index in [-0.39, 0.29) is 0 Å². The summed E-state index contributed by atoms with van der Waals surface area (Å²) in [5.74, 6) is 4.42. The molecule has 0 heterocycles. The van der Waals surface area contributed by atoms with Crippen molar-refractivity contribution >= 4 is 5.97 Å². The van der Waals surface area contributed by atoms with Crippen LogP contribution >= 0.6 is 0 Å². The van der Waals surface area contributed by atoms with Crippen LogP contribution in [0.15, 0.2) is 0 Å². The number of hydrogen-bond acceptors (Lipinski definition) is 3. The molecule has 78 valence electrons. The maximum absolute atomic E-state index is 10.2. The Hall–Kier alpha value is -0.610. The minimum Gasteiger partial charge on any atom is -0.481 e. The number of nitrogens with two attached hydrogens (primary N) is 1. The van der Waals surface area contributed by atoms with Crippen molar-refractivity contribution in [2.24, 2.45) is 5.84 Å². The van der Waals surface area contributed by atoms with Gasteiger partial charge in [-0.3, -0.25) is 16.1 Å². The third-order valence-corrected chi connectivity index (χ3v) is 1.96. The minimum absolute atomic E-state index is 0.310. The number of carboxylic acids is 1. The summed E-state index contributed by atoms with van der Waals surface area (Å²) in [7, 11) is 0. The van der Waals surface area contributed by atoms with Gasteiger partial charge in [0.1, 0.15) is 0 Å². The van der Waals surface area contributed by atoms with Gasteiger partial charge in [-0.1, -0.05) is 25.7 Å². The van der Waals surface area contributed by atoms with E-state index < -0.39 is 5.97 Å². The number of unbranched alkanes of at least 4 members (excludes halogenated alkanes) is 5. The van der Waals surface area contributed by atoms with E-state index in [0.717, 1.165) is 32.2 Å². The number of hydrogen-bond donors (Lipinski definition) is 3. The van der Waals surface area contributed by atoms with E-state index in [1.807, 2.05) is 0 Å². The molecule has 0 saturated heterocycles. The topological polar surface area (TPSA) is 75.3 Å². The molecule has 0 aromatic carbocycles. The average molecular weight is 188 g/mol. The van der Waals surface area contributed by atoms with Crippen LogP contribution in [0, 0.1) is 0 Å². The summed E-state index contributed by atoms with van der Waals surface area (Å²) in [4.78, 5) is 10.2. The van der Waals surface area contributed by atoms with Gasteiger partial charge in [0.2, 0.25) is 0 Å². The first-order chi connectivity index (χ1) is 6.27. The van der Waals surface area contributed by atoms with Crippen molar-refractivity contribution in [3.8, 4) is 0 Å². The SMILES string of the molecule is NNCCCCCCCCC(=O)O. The highest BCUT2D eigenvalue weighted by atomic mass is 16.4. The Balaban J connectivity index is 2.87. The highest BCUT2D eigenvalue weighted by Gasteiger charge is 1.95. The van der Waals surface area contributed by atoms with Crippen LogP contribution in [0.3, 0.4) is 0 Å². The van der Waals surface area contributed by atoms with Crippen LogP contribution < -0.4 is 11.3 Å². The van der Waals surface area contributed by atoms with Crippen molar-refractivity contribution in [1.29, 1.82) is 0 Å². The van der Waals surface area contributed by atoms with Gasteiger partial charge >= 0.3 is 5.97 Å². The van der Waals surface area contributed by atoms with Crippen LogP contribution in [0.25, 0.3) is 0 Å². The quantitative estimate of drug-likeness (QED) is 0.289. The summed E-state index contributed by atoms with van der Waals surface area (Å²) in [6.45, 7) is 0.870. The Bertz CT molecular complexity index is 129. The second-order valence-electron chi connectivity index (χ2n) is 3.22. The molecular weight excluding hydrogens is 168 g/mol. The van der Waals surface area contributed by atoms with Gasteiger partial charge < -0.3 is 5.11 Å². The third kappa shape index (κ3) is 11.4. The lowest BCUT2D eigenvalue weighted by atomic mass is 10.1. The fourth-order valence-corrected chi connectivity index (χ4v) is 1.21. The number of carbonyl (C=O) groups is 1. The summed E-state index contributed by atoms with van der Waals surface area (Å²) in [6, 6.07) is 0. The first-order valence-electron chi connectivity index (χ1n) is 4.92. The maximum atomic E-state index is 10.2. The first kappa shape index (κ1) is 12.4. The normalized spacial score (nSPS) is 10.2. The maximum Gasteiger partial charge on any atom is 0.303 e. The second-order valence-corrected chi connectivity index (χ2v) is 3.22. The van der Waals surface area contributed by atoms with Crippen LogP contribution in [0.2, 0.25) is 0 Å². The Morgan fingerprint density at radius 2 is 1.62 bits per heavy atom. The van der Waals surface area contributed by atoms with Crippen LogP contribution in [-0.2, 0) is 4.79 Å². The number of rotatable bonds is 9. The van der Waals surface area contributed by atoms with Crippen molar-refractivity contribution in [2.75, 3.05) is 6.54 Å². The molecule has 0 aromatic rings. The van der Waals surface area contributed by atoms with Gasteiger partial charge in [0.25, 0.3) is 0 Å². The van der Waals surface area contributed by atoms with E-state index in [0.29, 0.717) is 6.42 Å². The summed E-state index contributed by atoms with van der Waals surface area (Å²) in [5.41, 5.74) is 2.61. The number of aliphatic carboxylic acids is 1. The molecule has 4 heteroatoms. The van der Waals surface area contributed by atoms with Crippen molar-refractivity contribution in [3.05, 3.63) is 0 Å². The fraction of sp³-hybridized carbons (Fsp3) is 0.889. The summed E-state index contributed by atoms with van der Waals surface area (Å²) >= 11 is 0. The summed E-state index contributed by atoms with van der Waals surface area (Å²) < 4.78 is 0. The molecule has 0 aromatic heterocycles. The molecule has 0 amide bonds. The van der Waals surface area contributed by atoms with Gasteiger partial charge in [-0.15, -0.1) is 0 Å². The molecule has 0 saturated carbocycles. The molecular formula is C9H20N2O2. The molecule has 0 fully saturated rings. The lowest BCUT2D eigenvalue weighted by Crippen LogP contribution is -2.22. The van der Waals surface area contributed by atoms with Crippen LogP contribution in [0.5, 0.6) is 0 Å². The molecule has 0 atom stereocenters. The summed E-state index contributed by atoms with van der Waals surface area (Å²) in [6.07, 6.45) is 6.75. The van der Waals surface area contributed by atoms with Crippen molar-refractivity contribution < 1.29 is 9.90 Å². The van der Waals surface area contributed by atoms with E-state index in [1.54, 1.807) is 0 Å². The van der Waals surface area contributed by atoms with Gasteiger partial charge in [-0.05, 0) is 12.8 Å². The molecule has 0 aliphatic carbocycles. The van der Waals surface area contributed by atoms with E-state index in [2.05, 4.69) is 5.43 Å². The standard InChI is InChI=1S/C9H20N2O2/c10-11-8-6-4-2-1-3-5-7-9(12)13/h11H,1-8,10H2,(H,12,13). The molecule has 4 N–H and O–H groups in total. The van der Waals surface area contributed by atoms with Gasteiger partial charge in [-0.25, -0.2) is 0 Å². The third-order valence-electron chi connectivity index (χ3n) is 1.96. The molecule has 0 unspecified atom stereocenters. The zero-order valence-electron chi connectivity index (χ0n) is 8.09. The number of carboxylic acid groups (broad SMARTS) is 1. The molecule has 0 rings (SSSR count). The monoisotopic (exact) mass is 188 g/mol. The molecule has 0 spiro atoms. The zero-order chi connectivity index (χ0) is 9.94. The molecule has 0 radical (unpaired) electrons. The molecule has 0 aliphatic heterocycles. The summed E-state index contributed by atoms with van der Waals surface area (Å²) in [5, 5.41) is 8.36. The van der Waals surface area contributed by atoms with E-state index >= 15 is 0 Å². The van der Waals surface area contributed by atoms with E-state index in [9.17, 15) is 4.79 Å². The Morgan fingerprint density at radius 3 is 2.15 bits per heavy atom. The largest absolute Gasteiger partial charge is 0.481 e. The Morgan fingerprint density at radius 1 is 1.08 bits per heavy atom. The fourth-order valence-electron chi connectivity index (χ4n) is 1.21. The van der Waals surface area contributed by atoms with Crippen LogP contribution in [0.4, 0.5) is 0 Å². The van der Waals surface area contributed by atoms with E-state index in [4.69, 9.17) is 10.9 Å². The second kappa shape index (κ2) is 9.48. The first-order valence-corrected chi connectivity index (χ1v) is 4.92. The lowest BCUT2D eigenvalue weighted by Gasteiger charge is -2.00. The van der Waals surface area contributed by atoms with Gasteiger partial charge in [0.15, 0.2) is 0 Å². The lowest BCUT2D eigenvalue weighted by molar-refractivity contribution is -0.137. The van der Waals surface area contributed by atoms with Crippen molar-refractivity contribution in [3.63, 3.8) is 0 Å². The van der Waals surface area contributed by atoms with Crippen molar-refractivity contribution in [2.45, 2.75) is 44.9 Å². The van der Waals surface area contributed by atoms with Gasteiger partial charge in [0, 0.05) is 13.0 Å². The number of hydrazine groups is 1. The molecule has 4 nitrogen and oxygen atoms in total. The Labute approximate surface area is 79.5 Å². The molecule has 0 aliphatic rings.